The number of morpholine rings is 1. The molecule has 1 aliphatic carbocycles. The van der Waals surface area contributed by atoms with Gasteiger partial charge in [0.05, 0.1) is 11.7 Å². The minimum absolute atomic E-state index is 0.176. The van der Waals surface area contributed by atoms with E-state index in [0.29, 0.717) is 6.10 Å². The van der Waals surface area contributed by atoms with Gasteiger partial charge in [-0.25, -0.2) is 0 Å². The molecule has 0 bridgehead atoms. The summed E-state index contributed by atoms with van der Waals surface area (Å²) in [5.41, 5.74) is 0.176. The quantitative estimate of drug-likeness (QED) is 0.780. The van der Waals surface area contributed by atoms with Gasteiger partial charge in [0.2, 0.25) is 0 Å². The van der Waals surface area contributed by atoms with Crippen LogP contribution in [0.2, 0.25) is 0 Å². The second-order valence-corrected chi connectivity index (χ2v) is 6.33. The fraction of sp³-hybridized carbons (Fsp3) is 1.00. The highest BCUT2D eigenvalue weighted by Gasteiger charge is 2.40. The molecule has 1 N–H and O–H groups in total. The molecule has 0 radical (unpaired) electrons. The molecule has 3 atom stereocenters. The fourth-order valence-corrected chi connectivity index (χ4v) is 3.59. The highest BCUT2D eigenvalue weighted by atomic mass is 16.5. The van der Waals surface area contributed by atoms with Crippen molar-refractivity contribution in [2.75, 3.05) is 13.1 Å². The normalized spacial score (nSPS) is 40.5. The molecule has 0 aromatic carbocycles. The van der Waals surface area contributed by atoms with Crippen LogP contribution in [0.25, 0.3) is 0 Å². The molecular weight excluding hydrogens is 198 g/mol. The van der Waals surface area contributed by atoms with Crippen molar-refractivity contribution in [2.45, 2.75) is 64.6 Å². The Balaban J connectivity index is 1.94. The van der Waals surface area contributed by atoms with Crippen LogP contribution in [-0.4, -0.2) is 24.8 Å². The maximum absolute atomic E-state index is 6.26. The first-order valence-corrected chi connectivity index (χ1v) is 6.98. The summed E-state index contributed by atoms with van der Waals surface area (Å²) < 4.78 is 6.26. The van der Waals surface area contributed by atoms with Crippen LogP contribution in [0.1, 0.15) is 52.9 Å². The summed E-state index contributed by atoms with van der Waals surface area (Å²) in [5, 5.41) is 3.54. The van der Waals surface area contributed by atoms with Gasteiger partial charge in [0, 0.05) is 13.1 Å². The summed E-state index contributed by atoms with van der Waals surface area (Å²) in [6, 6.07) is 0. The van der Waals surface area contributed by atoms with Gasteiger partial charge in [0.25, 0.3) is 0 Å². The van der Waals surface area contributed by atoms with Crippen molar-refractivity contribution in [3.8, 4) is 0 Å². The lowest BCUT2D eigenvalue weighted by Crippen LogP contribution is -2.55. The minimum atomic E-state index is 0.176. The van der Waals surface area contributed by atoms with Gasteiger partial charge in [0.1, 0.15) is 0 Å². The Bertz CT molecular complexity index is 225. The SMILES string of the molecule is CC(C)CC1CCCC2(CNCC(C)O2)C1. The van der Waals surface area contributed by atoms with Gasteiger partial charge in [0.15, 0.2) is 0 Å². The van der Waals surface area contributed by atoms with E-state index in [1.807, 2.05) is 0 Å². The topological polar surface area (TPSA) is 21.3 Å². The molecule has 94 valence electrons. The molecule has 1 saturated heterocycles. The lowest BCUT2D eigenvalue weighted by molar-refractivity contribution is -0.137. The minimum Gasteiger partial charge on any atom is -0.369 e. The number of hydrogen-bond donors (Lipinski definition) is 1. The molecule has 3 unspecified atom stereocenters. The number of ether oxygens (including phenoxy) is 1. The zero-order chi connectivity index (χ0) is 11.6. The lowest BCUT2D eigenvalue weighted by atomic mass is 9.74. The third kappa shape index (κ3) is 2.98. The van der Waals surface area contributed by atoms with Gasteiger partial charge in [-0.05, 0) is 38.0 Å². The summed E-state index contributed by atoms with van der Waals surface area (Å²) in [6.45, 7) is 8.97. The van der Waals surface area contributed by atoms with Crippen LogP contribution in [0.4, 0.5) is 0 Å². The van der Waals surface area contributed by atoms with Gasteiger partial charge in [-0.2, -0.15) is 0 Å². The van der Waals surface area contributed by atoms with E-state index in [-0.39, 0.29) is 5.60 Å². The van der Waals surface area contributed by atoms with Crippen LogP contribution in [-0.2, 0) is 4.74 Å². The van der Waals surface area contributed by atoms with Crippen LogP contribution in [0.15, 0.2) is 0 Å². The van der Waals surface area contributed by atoms with Crippen molar-refractivity contribution < 1.29 is 4.74 Å². The molecule has 2 heteroatoms. The van der Waals surface area contributed by atoms with Crippen molar-refractivity contribution in [2.24, 2.45) is 11.8 Å². The molecule has 2 nitrogen and oxygen atoms in total. The molecule has 1 aliphatic heterocycles. The molecule has 0 amide bonds. The Hall–Kier alpha value is -0.0800. The Morgan fingerprint density at radius 1 is 1.44 bits per heavy atom. The number of nitrogens with one attached hydrogen (secondary N) is 1. The summed E-state index contributed by atoms with van der Waals surface area (Å²) in [6.07, 6.45) is 7.08. The van der Waals surface area contributed by atoms with E-state index in [0.717, 1.165) is 24.9 Å². The average Bonchev–Trinajstić information content (AvgIpc) is 2.15. The van der Waals surface area contributed by atoms with Gasteiger partial charge in [-0.1, -0.05) is 26.7 Å². The molecule has 2 fully saturated rings. The van der Waals surface area contributed by atoms with E-state index in [1.165, 1.54) is 32.1 Å². The molecule has 0 aromatic rings. The van der Waals surface area contributed by atoms with Gasteiger partial charge in [-0.3, -0.25) is 0 Å². The Morgan fingerprint density at radius 3 is 2.94 bits per heavy atom. The molecule has 0 aromatic heterocycles. The summed E-state index contributed by atoms with van der Waals surface area (Å²) in [7, 11) is 0. The van der Waals surface area contributed by atoms with E-state index in [9.17, 15) is 0 Å². The average molecular weight is 225 g/mol. The van der Waals surface area contributed by atoms with E-state index >= 15 is 0 Å². The highest BCUT2D eigenvalue weighted by Crippen LogP contribution is 2.39. The highest BCUT2D eigenvalue weighted by molar-refractivity contribution is 4.93. The third-order valence-corrected chi connectivity index (χ3v) is 4.04. The Labute approximate surface area is 100 Å². The zero-order valence-electron chi connectivity index (χ0n) is 11.1. The molecule has 1 spiro atoms. The number of hydrogen-bond acceptors (Lipinski definition) is 2. The van der Waals surface area contributed by atoms with Crippen LogP contribution >= 0.6 is 0 Å². The fourth-order valence-electron chi connectivity index (χ4n) is 3.59. The molecule has 2 rings (SSSR count). The summed E-state index contributed by atoms with van der Waals surface area (Å²) in [4.78, 5) is 0. The largest absolute Gasteiger partial charge is 0.369 e. The van der Waals surface area contributed by atoms with E-state index in [2.05, 4.69) is 26.1 Å². The first-order chi connectivity index (χ1) is 7.60. The van der Waals surface area contributed by atoms with E-state index in [4.69, 9.17) is 4.74 Å². The maximum atomic E-state index is 6.26. The summed E-state index contributed by atoms with van der Waals surface area (Å²) in [5.74, 6) is 1.72. The molecular formula is C14H27NO. The first kappa shape index (κ1) is 12.4. The van der Waals surface area contributed by atoms with Gasteiger partial charge < -0.3 is 10.1 Å². The van der Waals surface area contributed by atoms with Crippen molar-refractivity contribution in [3.63, 3.8) is 0 Å². The predicted molar refractivity (Wildman–Crippen MR) is 67.6 cm³/mol. The van der Waals surface area contributed by atoms with Gasteiger partial charge in [-0.15, -0.1) is 0 Å². The molecule has 1 saturated carbocycles. The first-order valence-electron chi connectivity index (χ1n) is 6.98. The number of rotatable bonds is 2. The van der Waals surface area contributed by atoms with Crippen molar-refractivity contribution in [1.82, 2.24) is 5.32 Å². The Morgan fingerprint density at radius 2 is 2.25 bits per heavy atom. The molecule has 16 heavy (non-hydrogen) atoms. The molecule has 2 aliphatic rings. The maximum Gasteiger partial charge on any atom is 0.0813 e. The summed E-state index contributed by atoms with van der Waals surface area (Å²) >= 11 is 0. The van der Waals surface area contributed by atoms with E-state index in [1.54, 1.807) is 0 Å². The van der Waals surface area contributed by atoms with Crippen molar-refractivity contribution >= 4 is 0 Å². The second kappa shape index (κ2) is 5.05. The predicted octanol–water partition coefficient (Wildman–Crippen LogP) is 2.97. The van der Waals surface area contributed by atoms with Crippen LogP contribution in [0.5, 0.6) is 0 Å². The van der Waals surface area contributed by atoms with Gasteiger partial charge >= 0.3 is 0 Å². The van der Waals surface area contributed by atoms with Crippen molar-refractivity contribution in [1.29, 1.82) is 0 Å². The standard InChI is InChI=1S/C14H27NO/c1-11(2)7-13-5-4-6-14(8-13)10-15-9-12(3)16-14/h11-13,15H,4-10H2,1-3H3. The van der Waals surface area contributed by atoms with Crippen LogP contribution in [0.3, 0.4) is 0 Å². The monoisotopic (exact) mass is 225 g/mol. The second-order valence-electron chi connectivity index (χ2n) is 6.33. The van der Waals surface area contributed by atoms with E-state index < -0.39 is 0 Å². The Kier molecular flexibility index (Phi) is 3.91. The lowest BCUT2D eigenvalue weighted by Gasteiger charge is -2.46. The van der Waals surface area contributed by atoms with Crippen LogP contribution < -0.4 is 5.32 Å². The van der Waals surface area contributed by atoms with Crippen LogP contribution in [0, 0.1) is 11.8 Å². The third-order valence-electron chi connectivity index (χ3n) is 4.04. The smallest absolute Gasteiger partial charge is 0.0813 e. The molecule has 1 heterocycles. The van der Waals surface area contributed by atoms with Crippen molar-refractivity contribution in [3.05, 3.63) is 0 Å². The zero-order valence-corrected chi connectivity index (χ0v) is 11.1.